The van der Waals surface area contributed by atoms with Gasteiger partial charge in [-0.05, 0) is 31.0 Å². The van der Waals surface area contributed by atoms with Gasteiger partial charge >= 0.3 is 0 Å². The number of nitrogens with zero attached hydrogens (tertiary/aromatic N) is 5. The summed E-state index contributed by atoms with van der Waals surface area (Å²) in [6.45, 7) is 4.10. The van der Waals surface area contributed by atoms with E-state index in [2.05, 4.69) is 25.2 Å². The van der Waals surface area contributed by atoms with E-state index in [1.54, 1.807) is 18.5 Å². The first-order valence-electron chi connectivity index (χ1n) is 9.27. The molecule has 3 heterocycles. The molecule has 0 bridgehead atoms. The van der Waals surface area contributed by atoms with E-state index in [4.69, 9.17) is 0 Å². The third-order valence-corrected chi connectivity index (χ3v) is 4.52. The van der Waals surface area contributed by atoms with Crippen LogP contribution in [-0.4, -0.2) is 58.5 Å². The van der Waals surface area contributed by atoms with Crippen LogP contribution in [0.15, 0.2) is 42.9 Å². The highest BCUT2D eigenvalue weighted by molar-refractivity contribution is 5.76. The molecular weight excluding hydrogens is 328 g/mol. The van der Waals surface area contributed by atoms with Gasteiger partial charge in [0.15, 0.2) is 0 Å². The number of anilines is 2. The molecule has 1 aliphatic heterocycles. The first-order valence-corrected chi connectivity index (χ1v) is 9.27. The van der Waals surface area contributed by atoms with Gasteiger partial charge in [0.2, 0.25) is 11.9 Å². The van der Waals surface area contributed by atoms with Crippen LogP contribution in [0.1, 0.15) is 25.7 Å². The Kier molecular flexibility index (Phi) is 6.75. The van der Waals surface area contributed by atoms with Crippen LogP contribution in [0.2, 0.25) is 0 Å². The van der Waals surface area contributed by atoms with Gasteiger partial charge in [0.05, 0.1) is 0 Å². The summed E-state index contributed by atoms with van der Waals surface area (Å²) in [5.74, 6) is 1.92. The van der Waals surface area contributed by atoms with Crippen molar-refractivity contribution in [2.45, 2.75) is 25.7 Å². The summed E-state index contributed by atoms with van der Waals surface area (Å²) in [5, 5.41) is 3.19. The molecular formula is C19H26N6O. The average Bonchev–Trinajstić information content (AvgIpc) is 2.72. The number of carbonyl (C=O) groups is 1. The lowest BCUT2D eigenvalue weighted by molar-refractivity contribution is -0.131. The Balaban J connectivity index is 1.27. The average molecular weight is 354 g/mol. The van der Waals surface area contributed by atoms with E-state index in [0.29, 0.717) is 12.4 Å². The predicted molar refractivity (Wildman–Crippen MR) is 102 cm³/mol. The van der Waals surface area contributed by atoms with Gasteiger partial charge in [-0.25, -0.2) is 15.0 Å². The second-order valence-corrected chi connectivity index (χ2v) is 6.37. The molecule has 0 spiro atoms. The number of rotatable bonds is 8. The molecule has 1 amide bonds. The number of hydrogen-bond acceptors (Lipinski definition) is 6. The SMILES string of the molecule is O=C(CCCCCNc1ncccn1)N1CCN(c2ccccn2)CC1. The lowest BCUT2D eigenvalue weighted by Crippen LogP contribution is -2.49. The summed E-state index contributed by atoms with van der Waals surface area (Å²) < 4.78 is 0. The number of unbranched alkanes of at least 4 members (excludes halogenated alkanes) is 2. The molecule has 2 aromatic rings. The van der Waals surface area contributed by atoms with Crippen LogP contribution in [0.25, 0.3) is 0 Å². The van der Waals surface area contributed by atoms with Gasteiger partial charge in [0.1, 0.15) is 5.82 Å². The fourth-order valence-electron chi connectivity index (χ4n) is 3.05. The van der Waals surface area contributed by atoms with Crippen molar-refractivity contribution in [2.24, 2.45) is 0 Å². The summed E-state index contributed by atoms with van der Waals surface area (Å²) in [6, 6.07) is 7.74. The van der Waals surface area contributed by atoms with E-state index in [1.807, 2.05) is 29.3 Å². The summed E-state index contributed by atoms with van der Waals surface area (Å²) >= 11 is 0. The molecule has 0 aliphatic carbocycles. The number of amides is 1. The number of carbonyl (C=O) groups excluding carboxylic acids is 1. The first kappa shape index (κ1) is 18.1. The molecule has 3 rings (SSSR count). The molecule has 0 saturated carbocycles. The van der Waals surface area contributed by atoms with Gasteiger partial charge in [0, 0.05) is 57.7 Å². The smallest absolute Gasteiger partial charge is 0.222 e. The molecule has 0 unspecified atom stereocenters. The van der Waals surface area contributed by atoms with Crippen molar-refractivity contribution >= 4 is 17.7 Å². The molecule has 2 aromatic heterocycles. The van der Waals surface area contributed by atoms with Crippen LogP contribution in [0.4, 0.5) is 11.8 Å². The van der Waals surface area contributed by atoms with Gasteiger partial charge in [-0.15, -0.1) is 0 Å². The summed E-state index contributed by atoms with van der Waals surface area (Å²) in [5.41, 5.74) is 0. The zero-order valence-electron chi connectivity index (χ0n) is 15.0. The minimum atomic E-state index is 0.269. The van der Waals surface area contributed by atoms with Gasteiger partial charge in [-0.2, -0.15) is 0 Å². The maximum atomic E-state index is 12.4. The molecule has 1 fully saturated rings. The second-order valence-electron chi connectivity index (χ2n) is 6.37. The Hall–Kier alpha value is -2.70. The lowest BCUT2D eigenvalue weighted by atomic mass is 10.1. The van der Waals surface area contributed by atoms with Crippen LogP contribution < -0.4 is 10.2 Å². The van der Waals surface area contributed by atoms with Gasteiger partial charge in [-0.3, -0.25) is 4.79 Å². The molecule has 0 radical (unpaired) electrons. The quantitative estimate of drug-likeness (QED) is 0.733. The van der Waals surface area contributed by atoms with E-state index in [0.717, 1.165) is 57.8 Å². The minimum Gasteiger partial charge on any atom is -0.354 e. The van der Waals surface area contributed by atoms with Crippen LogP contribution in [0.5, 0.6) is 0 Å². The molecule has 1 aliphatic rings. The van der Waals surface area contributed by atoms with Gasteiger partial charge < -0.3 is 15.1 Å². The molecule has 0 aromatic carbocycles. The Bertz CT molecular complexity index is 658. The second kappa shape index (κ2) is 9.70. The largest absolute Gasteiger partial charge is 0.354 e. The number of aromatic nitrogens is 3. The van der Waals surface area contributed by atoms with E-state index >= 15 is 0 Å². The molecule has 7 heteroatoms. The van der Waals surface area contributed by atoms with Crippen molar-refractivity contribution in [3.63, 3.8) is 0 Å². The number of piperazine rings is 1. The third-order valence-electron chi connectivity index (χ3n) is 4.52. The molecule has 26 heavy (non-hydrogen) atoms. The molecule has 1 saturated heterocycles. The van der Waals surface area contributed by atoms with Crippen LogP contribution in [0.3, 0.4) is 0 Å². The van der Waals surface area contributed by atoms with Crippen LogP contribution in [0, 0.1) is 0 Å². The highest BCUT2D eigenvalue weighted by Crippen LogP contribution is 2.13. The van der Waals surface area contributed by atoms with E-state index in [9.17, 15) is 4.79 Å². The summed E-state index contributed by atoms with van der Waals surface area (Å²) in [4.78, 5) is 29.2. The predicted octanol–water partition coefficient (Wildman–Crippen LogP) is 2.19. The summed E-state index contributed by atoms with van der Waals surface area (Å²) in [7, 11) is 0. The van der Waals surface area contributed by atoms with Crippen molar-refractivity contribution in [1.29, 1.82) is 0 Å². The fourth-order valence-corrected chi connectivity index (χ4v) is 3.05. The van der Waals surface area contributed by atoms with E-state index in [-0.39, 0.29) is 5.91 Å². The zero-order chi connectivity index (χ0) is 18.0. The van der Waals surface area contributed by atoms with Crippen molar-refractivity contribution in [3.05, 3.63) is 42.9 Å². The summed E-state index contributed by atoms with van der Waals surface area (Å²) in [6.07, 6.45) is 8.86. The first-order chi connectivity index (χ1) is 12.8. The van der Waals surface area contributed by atoms with Crippen LogP contribution >= 0.6 is 0 Å². The Morgan fingerprint density at radius 2 is 1.69 bits per heavy atom. The number of hydrogen-bond donors (Lipinski definition) is 1. The number of pyridine rings is 1. The van der Waals surface area contributed by atoms with Crippen molar-refractivity contribution in [3.8, 4) is 0 Å². The monoisotopic (exact) mass is 354 g/mol. The van der Waals surface area contributed by atoms with Crippen LogP contribution in [-0.2, 0) is 4.79 Å². The topological polar surface area (TPSA) is 74.2 Å². The van der Waals surface area contributed by atoms with Gasteiger partial charge in [0.25, 0.3) is 0 Å². The standard InChI is InChI=1S/C19H26N6O/c26-18(8-2-1-4-10-21-19-22-11-6-12-23-19)25-15-13-24(14-16-25)17-7-3-5-9-20-17/h3,5-7,9,11-12H,1-2,4,8,10,13-16H2,(H,21,22,23). The lowest BCUT2D eigenvalue weighted by Gasteiger charge is -2.35. The van der Waals surface area contributed by atoms with E-state index < -0.39 is 0 Å². The highest BCUT2D eigenvalue weighted by atomic mass is 16.2. The Morgan fingerprint density at radius 1 is 0.923 bits per heavy atom. The Labute approximate surface area is 154 Å². The molecule has 0 atom stereocenters. The van der Waals surface area contributed by atoms with Gasteiger partial charge in [-0.1, -0.05) is 12.5 Å². The number of nitrogens with one attached hydrogen (secondary N) is 1. The van der Waals surface area contributed by atoms with Crippen molar-refractivity contribution < 1.29 is 4.79 Å². The highest BCUT2D eigenvalue weighted by Gasteiger charge is 2.21. The molecule has 138 valence electrons. The molecule has 7 nitrogen and oxygen atoms in total. The maximum Gasteiger partial charge on any atom is 0.222 e. The normalized spacial score (nSPS) is 14.3. The molecule has 1 N–H and O–H groups in total. The minimum absolute atomic E-state index is 0.269. The van der Waals surface area contributed by atoms with Crippen molar-refractivity contribution in [2.75, 3.05) is 42.9 Å². The van der Waals surface area contributed by atoms with Crippen molar-refractivity contribution in [1.82, 2.24) is 19.9 Å². The third kappa shape index (κ3) is 5.40. The fraction of sp³-hybridized carbons (Fsp3) is 0.474. The zero-order valence-corrected chi connectivity index (χ0v) is 15.0. The Morgan fingerprint density at radius 3 is 2.42 bits per heavy atom. The van der Waals surface area contributed by atoms with E-state index in [1.165, 1.54) is 0 Å². The maximum absolute atomic E-state index is 12.4.